The summed E-state index contributed by atoms with van der Waals surface area (Å²) < 4.78 is 87.5. The summed E-state index contributed by atoms with van der Waals surface area (Å²) in [5.74, 6) is -2.10. The van der Waals surface area contributed by atoms with Gasteiger partial charge in [0.1, 0.15) is 0 Å². The summed E-state index contributed by atoms with van der Waals surface area (Å²) >= 11 is 0. The van der Waals surface area contributed by atoms with Gasteiger partial charge in [-0.1, -0.05) is 0 Å². The normalized spacial score (nSPS) is 15.2. The number of hydrogen-bond donors (Lipinski definition) is 3. The number of aliphatic hydroxyl groups is 3. The van der Waals surface area contributed by atoms with Crippen molar-refractivity contribution < 1.29 is 54.2 Å². The second-order valence-corrected chi connectivity index (χ2v) is 9.07. The Morgan fingerprint density at radius 3 is 0.720 bits per heavy atom. The summed E-state index contributed by atoms with van der Waals surface area (Å²) in [7, 11) is -12.7. The van der Waals surface area contributed by atoms with Gasteiger partial charge < -0.3 is 29.0 Å². The maximum Gasteiger partial charge on any atom is 3.00 e. The van der Waals surface area contributed by atoms with E-state index in [0.717, 1.165) is 0 Å². The standard InChI is InChI=1S/3C3H8O4S.Sb/c3*1-3(4)2-8(5,6)7;/h3*3-4H,2H2,1H3,(H,5,6,7);/q;;;+3/p-3. The molecule has 3 N–H and O–H groups in total. The van der Waals surface area contributed by atoms with Crippen LogP contribution in [0.5, 0.6) is 0 Å². The van der Waals surface area contributed by atoms with Gasteiger partial charge in [0.15, 0.2) is 0 Å². The fraction of sp³-hybridized carbons (Fsp3) is 1.00. The van der Waals surface area contributed by atoms with Crippen LogP contribution in [0.1, 0.15) is 20.8 Å². The molecule has 0 aromatic carbocycles. The summed E-state index contributed by atoms with van der Waals surface area (Å²) in [6, 6.07) is 0. The fourth-order valence-corrected chi connectivity index (χ4v) is 2.66. The Morgan fingerprint density at radius 2 is 0.720 bits per heavy atom. The van der Waals surface area contributed by atoms with Crippen molar-refractivity contribution in [1.82, 2.24) is 0 Å². The first-order valence-corrected chi connectivity index (χ1v) is 10.8. The van der Waals surface area contributed by atoms with Gasteiger partial charge in [-0.15, -0.1) is 0 Å². The van der Waals surface area contributed by atoms with Gasteiger partial charge >= 0.3 is 24.4 Å². The third-order valence-electron chi connectivity index (χ3n) is 1.34. The molecule has 12 nitrogen and oxygen atoms in total. The van der Waals surface area contributed by atoms with Crippen LogP contribution in [0.4, 0.5) is 0 Å². The first-order chi connectivity index (χ1) is 10.2. The molecule has 0 bridgehead atoms. The van der Waals surface area contributed by atoms with E-state index in [1.54, 1.807) is 0 Å². The number of hydrogen-bond acceptors (Lipinski definition) is 12. The van der Waals surface area contributed by atoms with Gasteiger partial charge in [-0.3, -0.25) is 0 Å². The Hall–Kier alpha value is 0.428. The van der Waals surface area contributed by atoms with Crippen LogP contribution >= 0.6 is 0 Å². The quantitative estimate of drug-likeness (QED) is 0.219. The van der Waals surface area contributed by atoms with E-state index in [-0.39, 0.29) is 24.4 Å². The topological polar surface area (TPSA) is 232 Å². The largest absolute Gasteiger partial charge is 3.00 e. The summed E-state index contributed by atoms with van der Waals surface area (Å²) in [5, 5.41) is 24.9. The molecular weight excluding hydrogens is 518 g/mol. The summed E-state index contributed by atoms with van der Waals surface area (Å²) in [6.07, 6.45) is -3.17. The van der Waals surface area contributed by atoms with E-state index in [9.17, 15) is 38.9 Å². The Morgan fingerprint density at radius 1 is 0.600 bits per heavy atom. The maximum atomic E-state index is 9.73. The molecule has 0 fully saturated rings. The average molecular weight is 539 g/mol. The molecule has 0 saturated heterocycles. The zero-order valence-corrected chi connectivity index (χ0v) is 18.5. The van der Waals surface area contributed by atoms with Gasteiger partial charge in [0, 0.05) is 0 Å². The van der Waals surface area contributed by atoms with Gasteiger partial charge in [-0.05, 0) is 20.8 Å². The molecule has 0 saturated carbocycles. The molecule has 0 heterocycles. The van der Waals surface area contributed by atoms with E-state index in [1.807, 2.05) is 0 Å². The predicted molar refractivity (Wildman–Crippen MR) is 84.5 cm³/mol. The molecule has 0 aromatic heterocycles. The minimum absolute atomic E-state index is 0. The molecule has 0 aliphatic rings. The number of rotatable bonds is 6. The molecule has 3 atom stereocenters. The zero-order valence-electron chi connectivity index (χ0n) is 13.5. The summed E-state index contributed by atoms with van der Waals surface area (Å²) in [5.41, 5.74) is 0. The van der Waals surface area contributed by atoms with Crippen LogP contribution in [-0.2, 0) is 30.4 Å². The average Bonchev–Trinajstić information content (AvgIpc) is 2.04. The van der Waals surface area contributed by atoms with Crippen LogP contribution in [0.15, 0.2) is 0 Å². The molecule has 0 amide bonds. The molecule has 0 aliphatic heterocycles. The Labute approximate surface area is 165 Å². The smallest absolute Gasteiger partial charge is 0.748 e. The second kappa shape index (κ2) is 14.5. The monoisotopic (exact) mass is 538 g/mol. The number of aliphatic hydroxyl groups excluding tert-OH is 3. The zero-order chi connectivity index (χ0) is 20.4. The second-order valence-electron chi connectivity index (χ2n) is 4.72. The molecule has 3 unspecified atom stereocenters. The van der Waals surface area contributed by atoms with Crippen LogP contribution in [0.25, 0.3) is 0 Å². The van der Waals surface area contributed by atoms with E-state index in [0.29, 0.717) is 0 Å². The molecule has 0 rings (SSSR count). The van der Waals surface area contributed by atoms with Crippen molar-refractivity contribution in [2.75, 3.05) is 17.3 Å². The molecule has 152 valence electrons. The fourth-order valence-electron chi connectivity index (χ4n) is 0.886. The first kappa shape index (κ1) is 33.0. The summed E-state index contributed by atoms with van der Waals surface area (Å²) in [4.78, 5) is 0. The van der Waals surface area contributed by atoms with E-state index >= 15 is 0 Å². The van der Waals surface area contributed by atoms with Gasteiger partial charge in [-0.2, -0.15) is 0 Å². The molecule has 0 spiro atoms. The van der Waals surface area contributed by atoms with Crippen LogP contribution in [0, 0.1) is 0 Å². The van der Waals surface area contributed by atoms with E-state index in [1.165, 1.54) is 20.8 Å². The van der Waals surface area contributed by atoms with Crippen molar-refractivity contribution >= 4 is 54.8 Å². The molecule has 0 aliphatic carbocycles. The Kier molecular flexibility index (Phi) is 19.1. The first-order valence-electron chi connectivity index (χ1n) is 6.10. The van der Waals surface area contributed by atoms with E-state index < -0.39 is 65.9 Å². The molecule has 16 heteroatoms. The van der Waals surface area contributed by atoms with Gasteiger partial charge in [0.25, 0.3) is 0 Å². The van der Waals surface area contributed by atoms with Gasteiger partial charge in [0.05, 0.1) is 65.9 Å². The van der Waals surface area contributed by atoms with Crippen LogP contribution < -0.4 is 0 Å². The predicted octanol–water partition coefficient (Wildman–Crippen LogP) is -3.64. The van der Waals surface area contributed by atoms with Crippen LogP contribution in [0.2, 0.25) is 0 Å². The van der Waals surface area contributed by atoms with E-state index in [2.05, 4.69) is 0 Å². The minimum atomic E-state index is -4.22. The maximum absolute atomic E-state index is 9.73. The van der Waals surface area contributed by atoms with Crippen molar-refractivity contribution in [2.45, 2.75) is 39.1 Å². The van der Waals surface area contributed by atoms with Gasteiger partial charge in [-0.25, -0.2) is 25.3 Å². The summed E-state index contributed by atoms with van der Waals surface area (Å²) in [6.45, 7) is 3.74. The SMILES string of the molecule is CC(O)CS(=O)(=O)[O-].CC(O)CS(=O)(=O)[O-].CC(O)CS(=O)(=O)[O-].[Sb+3]. The Bertz CT molecular complexity index is 530. The van der Waals surface area contributed by atoms with E-state index in [4.69, 9.17) is 15.3 Å². The molecule has 25 heavy (non-hydrogen) atoms. The van der Waals surface area contributed by atoms with Crippen molar-refractivity contribution in [3.63, 3.8) is 0 Å². The van der Waals surface area contributed by atoms with Crippen LogP contribution in [-0.4, -0.2) is 114 Å². The third-order valence-corrected chi connectivity index (χ3v) is 4.01. The van der Waals surface area contributed by atoms with Gasteiger partial charge in [0.2, 0.25) is 0 Å². The third kappa shape index (κ3) is 51.6. The molecule has 2 radical (unpaired) electrons. The van der Waals surface area contributed by atoms with Crippen molar-refractivity contribution in [3.05, 3.63) is 0 Å². The van der Waals surface area contributed by atoms with Crippen molar-refractivity contribution in [3.8, 4) is 0 Å². The minimum Gasteiger partial charge on any atom is -0.748 e. The van der Waals surface area contributed by atoms with Crippen LogP contribution in [0.3, 0.4) is 0 Å². The Balaban J connectivity index is -0.000000130. The van der Waals surface area contributed by atoms with Crippen molar-refractivity contribution in [2.24, 2.45) is 0 Å². The van der Waals surface area contributed by atoms with Crippen molar-refractivity contribution in [1.29, 1.82) is 0 Å². The molecule has 0 aromatic rings. The molecular formula is C9H21O12S3Sb.